The van der Waals surface area contributed by atoms with Gasteiger partial charge in [-0.25, -0.2) is 0 Å². The van der Waals surface area contributed by atoms with Gasteiger partial charge in [-0.1, -0.05) is 314 Å². The van der Waals surface area contributed by atoms with Crippen molar-refractivity contribution in [2.45, 2.75) is 386 Å². The van der Waals surface area contributed by atoms with Crippen molar-refractivity contribution in [1.29, 1.82) is 0 Å². The number of aliphatic hydroxyl groups excluding tert-OH is 2. The maximum absolute atomic E-state index is 12.5. The van der Waals surface area contributed by atoms with E-state index in [0.29, 0.717) is 19.4 Å². The van der Waals surface area contributed by atoms with Crippen LogP contribution in [0.1, 0.15) is 373 Å². The summed E-state index contributed by atoms with van der Waals surface area (Å²) < 4.78 is 5.50. The second-order valence-corrected chi connectivity index (χ2v) is 23.5. The Kier molecular flexibility index (Phi) is 63.9. The zero-order valence-electron chi connectivity index (χ0n) is 51.3. The lowest BCUT2D eigenvalue weighted by Gasteiger charge is -2.20. The molecule has 0 spiro atoms. The smallest absolute Gasteiger partial charge is 0.305 e. The lowest BCUT2D eigenvalue weighted by molar-refractivity contribution is -0.143. The van der Waals surface area contributed by atoms with Crippen LogP contribution in [-0.4, -0.2) is 47.4 Å². The van der Waals surface area contributed by atoms with E-state index in [2.05, 4.69) is 43.5 Å². The third kappa shape index (κ3) is 61.3. The van der Waals surface area contributed by atoms with E-state index in [1.165, 1.54) is 302 Å². The van der Waals surface area contributed by atoms with Crippen LogP contribution in [0, 0.1) is 0 Å². The summed E-state index contributed by atoms with van der Waals surface area (Å²) in [6.45, 7) is 4.92. The van der Waals surface area contributed by atoms with Gasteiger partial charge in [0.2, 0.25) is 5.91 Å². The highest BCUT2D eigenvalue weighted by Crippen LogP contribution is 2.18. The molecule has 0 rings (SSSR count). The van der Waals surface area contributed by atoms with E-state index in [1.54, 1.807) is 6.08 Å². The maximum atomic E-state index is 12.5. The molecule has 6 heteroatoms. The molecule has 0 heterocycles. The molecule has 0 aromatic heterocycles. The fraction of sp³-hybridized carbons (Fsp3) is 0.886. The summed E-state index contributed by atoms with van der Waals surface area (Å²) in [6, 6.07) is -0.630. The van der Waals surface area contributed by atoms with Crippen LogP contribution >= 0.6 is 0 Å². The number of ether oxygens (including phenoxy) is 1. The van der Waals surface area contributed by atoms with Gasteiger partial charge in [0.25, 0.3) is 0 Å². The molecule has 76 heavy (non-hydrogen) atoms. The molecule has 0 aliphatic carbocycles. The normalized spacial score (nSPS) is 12.7. The van der Waals surface area contributed by atoms with Crippen molar-refractivity contribution in [3.63, 3.8) is 0 Å². The van der Waals surface area contributed by atoms with E-state index in [4.69, 9.17) is 4.74 Å². The molecule has 2 unspecified atom stereocenters. The summed E-state index contributed by atoms with van der Waals surface area (Å²) in [7, 11) is 0. The van der Waals surface area contributed by atoms with Crippen molar-refractivity contribution < 1.29 is 24.5 Å². The average molecular weight is 1070 g/mol. The molecule has 0 saturated heterocycles. The van der Waals surface area contributed by atoms with E-state index in [1.807, 2.05) is 6.08 Å². The molecule has 448 valence electrons. The average Bonchev–Trinajstić information content (AvgIpc) is 3.42. The number of carbonyl (C=O) groups excluding carboxylic acids is 2. The Bertz CT molecular complexity index is 1230. The molecule has 0 bridgehead atoms. The van der Waals surface area contributed by atoms with Crippen LogP contribution in [-0.2, 0) is 14.3 Å². The van der Waals surface area contributed by atoms with Gasteiger partial charge >= 0.3 is 5.97 Å². The number of rotatable bonds is 64. The fourth-order valence-corrected chi connectivity index (χ4v) is 10.6. The third-order valence-electron chi connectivity index (χ3n) is 15.9. The van der Waals surface area contributed by atoms with E-state index >= 15 is 0 Å². The number of carbonyl (C=O) groups is 2. The summed E-state index contributed by atoms with van der Waals surface area (Å²) in [5, 5.41) is 23.2. The molecule has 0 aliphatic heterocycles. The van der Waals surface area contributed by atoms with E-state index < -0.39 is 12.1 Å². The van der Waals surface area contributed by atoms with Gasteiger partial charge in [0.1, 0.15) is 0 Å². The topological polar surface area (TPSA) is 95.9 Å². The highest BCUT2D eigenvalue weighted by molar-refractivity contribution is 5.76. The highest BCUT2D eigenvalue weighted by Gasteiger charge is 2.18. The number of nitrogens with one attached hydrogen (secondary N) is 1. The Balaban J connectivity index is 3.40. The predicted molar refractivity (Wildman–Crippen MR) is 333 cm³/mol. The summed E-state index contributed by atoms with van der Waals surface area (Å²) in [6.07, 6.45) is 83.5. The number of amides is 1. The van der Waals surface area contributed by atoms with Gasteiger partial charge in [-0.05, 0) is 83.5 Å². The van der Waals surface area contributed by atoms with Crippen LogP contribution in [0.15, 0.2) is 36.5 Å². The minimum Gasteiger partial charge on any atom is -0.466 e. The zero-order chi connectivity index (χ0) is 55.0. The van der Waals surface area contributed by atoms with Crippen LogP contribution in [0.3, 0.4) is 0 Å². The molecular weight excluding hydrogens is 935 g/mol. The number of aliphatic hydroxyl groups is 2. The second-order valence-electron chi connectivity index (χ2n) is 23.5. The van der Waals surface area contributed by atoms with Crippen LogP contribution < -0.4 is 5.32 Å². The van der Waals surface area contributed by atoms with Crippen molar-refractivity contribution in [1.82, 2.24) is 5.32 Å². The molecule has 2 atom stereocenters. The summed E-state index contributed by atoms with van der Waals surface area (Å²) in [4.78, 5) is 24.6. The van der Waals surface area contributed by atoms with Gasteiger partial charge in [0.05, 0.1) is 25.4 Å². The van der Waals surface area contributed by atoms with Gasteiger partial charge < -0.3 is 20.3 Å². The molecule has 3 N–H and O–H groups in total. The first-order chi connectivity index (χ1) is 37.5. The first-order valence-corrected chi connectivity index (χ1v) is 34.3. The Labute approximate surface area is 474 Å². The number of unbranched alkanes of at least 4 members (excludes halogenated alkanes) is 49. The van der Waals surface area contributed by atoms with Gasteiger partial charge in [-0.15, -0.1) is 0 Å². The molecule has 0 aromatic rings. The van der Waals surface area contributed by atoms with Crippen molar-refractivity contribution in [3.8, 4) is 0 Å². The molecule has 6 nitrogen and oxygen atoms in total. The minimum atomic E-state index is -0.847. The van der Waals surface area contributed by atoms with Crippen LogP contribution in [0.4, 0.5) is 0 Å². The van der Waals surface area contributed by atoms with Gasteiger partial charge in [-0.2, -0.15) is 0 Å². The van der Waals surface area contributed by atoms with E-state index in [9.17, 15) is 19.8 Å². The maximum Gasteiger partial charge on any atom is 0.305 e. The number of hydrogen-bond acceptors (Lipinski definition) is 5. The first kappa shape index (κ1) is 74.1. The molecule has 0 aromatic carbocycles. The zero-order valence-corrected chi connectivity index (χ0v) is 51.3. The van der Waals surface area contributed by atoms with Crippen molar-refractivity contribution >= 4 is 11.9 Å². The quantitative estimate of drug-likeness (QED) is 0.0320. The van der Waals surface area contributed by atoms with Crippen LogP contribution in [0.5, 0.6) is 0 Å². The van der Waals surface area contributed by atoms with Crippen molar-refractivity contribution in [2.24, 2.45) is 0 Å². The standard InChI is InChI=1S/C70H133NO5/c1-3-5-7-9-11-13-15-17-19-21-32-36-40-44-48-52-56-60-64-70(75)76-65-61-57-53-49-45-41-37-33-30-28-26-24-22-23-25-27-29-31-35-39-43-47-51-55-59-63-69(74)71-67(66-72)68(73)62-58-54-50-46-42-38-34-20-18-16-14-12-10-8-6-4-2/h19,21,23,25,58,62,67-68,72-73H,3-18,20,22,24,26-57,59-61,63-66H2,1-2H3,(H,71,74)/b21-19-,25-23-,62-58+. The van der Waals surface area contributed by atoms with Gasteiger partial charge in [-0.3, -0.25) is 9.59 Å². The monoisotopic (exact) mass is 1070 g/mol. The van der Waals surface area contributed by atoms with Crippen LogP contribution in [0.2, 0.25) is 0 Å². The van der Waals surface area contributed by atoms with Gasteiger partial charge in [0.15, 0.2) is 0 Å². The van der Waals surface area contributed by atoms with Crippen LogP contribution in [0.25, 0.3) is 0 Å². The summed E-state index contributed by atoms with van der Waals surface area (Å²) in [5.74, 6) is -0.0586. The fourth-order valence-electron chi connectivity index (χ4n) is 10.6. The Morgan fingerprint density at radius 2 is 0.618 bits per heavy atom. The Morgan fingerprint density at radius 1 is 0.355 bits per heavy atom. The molecular formula is C70H133NO5. The van der Waals surface area contributed by atoms with Gasteiger partial charge in [0, 0.05) is 12.8 Å². The molecule has 1 amide bonds. The number of hydrogen-bond donors (Lipinski definition) is 3. The Hall–Kier alpha value is -1.92. The lowest BCUT2D eigenvalue weighted by atomic mass is 10.0. The third-order valence-corrected chi connectivity index (χ3v) is 15.9. The second kappa shape index (κ2) is 65.6. The van der Waals surface area contributed by atoms with Crippen molar-refractivity contribution in [2.75, 3.05) is 13.2 Å². The van der Waals surface area contributed by atoms with E-state index in [0.717, 1.165) is 44.9 Å². The molecule has 0 fully saturated rings. The summed E-state index contributed by atoms with van der Waals surface area (Å²) in [5.41, 5.74) is 0. The molecule has 0 saturated carbocycles. The summed E-state index contributed by atoms with van der Waals surface area (Å²) >= 11 is 0. The predicted octanol–water partition coefficient (Wildman–Crippen LogP) is 21.9. The minimum absolute atomic E-state index is 0.0105. The largest absolute Gasteiger partial charge is 0.466 e. The SMILES string of the molecule is CCCCCCCCC/C=C\CCCCCCCCCC(=O)OCCCCCCCCCCCCCC/C=C\CCCCCCCCCCCC(=O)NC(CO)C(O)/C=C/CCCCCCCCCCCCCCCC. The first-order valence-electron chi connectivity index (χ1n) is 34.3. The lowest BCUT2D eigenvalue weighted by Crippen LogP contribution is -2.45. The Morgan fingerprint density at radius 3 is 0.934 bits per heavy atom. The van der Waals surface area contributed by atoms with Crippen molar-refractivity contribution in [3.05, 3.63) is 36.5 Å². The number of allylic oxidation sites excluding steroid dienone is 5. The molecule has 0 aliphatic rings. The van der Waals surface area contributed by atoms with E-state index in [-0.39, 0.29) is 18.5 Å². The molecule has 0 radical (unpaired) electrons. The number of esters is 1. The highest BCUT2D eigenvalue weighted by atomic mass is 16.5.